The Balaban J connectivity index is 1.42. The van der Waals surface area contributed by atoms with Crippen LogP contribution in [0.4, 0.5) is 11.4 Å². The molecule has 3 rings (SSSR count). The maximum atomic E-state index is 12.3. The number of hydrogen-bond donors (Lipinski definition) is 3. The van der Waals surface area contributed by atoms with Crippen molar-refractivity contribution < 1.29 is 9.72 Å². The molecule has 7 nitrogen and oxygen atoms in total. The van der Waals surface area contributed by atoms with E-state index in [2.05, 4.69) is 16.0 Å². The van der Waals surface area contributed by atoms with Crippen LogP contribution in [-0.2, 0) is 4.79 Å². The molecule has 0 aromatic heterocycles. The van der Waals surface area contributed by atoms with Gasteiger partial charge >= 0.3 is 0 Å². The van der Waals surface area contributed by atoms with Crippen molar-refractivity contribution in [2.75, 3.05) is 18.4 Å². The second kappa shape index (κ2) is 7.61. The van der Waals surface area contributed by atoms with E-state index in [9.17, 15) is 14.9 Å². The van der Waals surface area contributed by atoms with Gasteiger partial charge in [0.05, 0.1) is 11.0 Å². The second-order valence-corrected chi connectivity index (χ2v) is 6.60. The molecular weight excluding hydrogens is 308 g/mol. The van der Waals surface area contributed by atoms with Gasteiger partial charge in [-0.2, -0.15) is 0 Å². The molecule has 3 N–H and O–H groups in total. The molecule has 1 aliphatic carbocycles. The average Bonchev–Trinajstić information content (AvgIpc) is 3.03. The summed E-state index contributed by atoms with van der Waals surface area (Å²) in [5.41, 5.74) is 0.520. The predicted octanol–water partition coefficient (Wildman–Crippen LogP) is 2.04. The van der Waals surface area contributed by atoms with Crippen molar-refractivity contribution in [3.05, 3.63) is 34.4 Å². The Morgan fingerprint density at radius 3 is 2.83 bits per heavy atom. The minimum atomic E-state index is -0.412. The third-order valence-electron chi connectivity index (χ3n) is 5.02. The quantitative estimate of drug-likeness (QED) is 0.421. The van der Waals surface area contributed by atoms with Crippen LogP contribution in [0, 0.1) is 16.0 Å². The number of carbonyl (C=O) groups excluding carboxylic acids is 1. The lowest BCUT2D eigenvalue weighted by Crippen LogP contribution is -2.44. The van der Waals surface area contributed by atoms with Gasteiger partial charge in [-0.05, 0) is 31.2 Å². The van der Waals surface area contributed by atoms with E-state index in [4.69, 9.17) is 0 Å². The molecule has 1 aromatic carbocycles. The molecule has 1 heterocycles. The van der Waals surface area contributed by atoms with E-state index >= 15 is 0 Å². The molecule has 0 bridgehead atoms. The van der Waals surface area contributed by atoms with Crippen molar-refractivity contribution in [1.29, 1.82) is 0 Å². The normalized spacial score (nSPS) is 25.8. The largest absolute Gasteiger partial charge is 0.378 e. The summed E-state index contributed by atoms with van der Waals surface area (Å²) in [7, 11) is 0. The topological polar surface area (TPSA) is 96.3 Å². The standard InChI is InChI=1S/C17H24N4O3/c22-17(15-11-12-5-1-2-6-13(12)20-15)19-10-9-18-14-7-3-4-8-16(14)21(23)24/h3-4,7-8,12-13,15,18,20H,1-2,5-6,9-11H2,(H,19,22). The number of nitro groups is 1. The summed E-state index contributed by atoms with van der Waals surface area (Å²) in [5, 5.41) is 20.3. The highest BCUT2D eigenvalue weighted by Gasteiger charge is 2.37. The summed E-state index contributed by atoms with van der Waals surface area (Å²) < 4.78 is 0. The number of carbonyl (C=O) groups is 1. The lowest BCUT2D eigenvalue weighted by Gasteiger charge is -2.24. The van der Waals surface area contributed by atoms with Crippen LogP contribution in [0.15, 0.2) is 24.3 Å². The maximum Gasteiger partial charge on any atom is 0.292 e. The van der Waals surface area contributed by atoms with Gasteiger partial charge in [-0.15, -0.1) is 0 Å². The van der Waals surface area contributed by atoms with Crippen molar-refractivity contribution in [3.8, 4) is 0 Å². The Morgan fingerprint density at radius 1 is 1.25 bits per heavy atom. The van der Waals surface area contributed by atoms with E-state index in [1.54, 1.807) is 18.2 Å². The smallest absolute Gasteiger partial charge is 0.292 e. The first-order valence-corrected chi connectivity index (χ1v) is 8.66. The van der Waals surface area contributed by atoms with E-state index in [0.717, 1.165) is 6.42 Å². The number of nitrogens with zero attached hydrogens (tertiary/aromatic N) is 1. The average molecular weight is 332 g/mol. The van der Waals surface area contributed by atoms with Crippen LogP contribution in [0.1, 0.15) is 32.1 Å². The van der Waals surface area contributed by atoms with Gasteiger partial charge in [0.1, 0.15) is 5.69 Å². The molecule has 2 aliphatic rings. The highest BCUT2D eigenvalue weighted by atomic mass is 16.6. The number of anilines is 1. The van der Waals surface area contributed by atoms with Gasteiger partial charge in [-0.25, -0.2) is 0 Å². The van der Waals surface area contributed by atoms with Crippen molar-refractivity contribution in [3.63, 3.8) is 0 Å². The summed E-state index contributed by atoms with van der Waals surface area (Å²) in [5.74, 6) is 0.674. The Hall–Kier alpha value is -2.15. The summed E-state index contributed by atoms with van der Waals surface area (Å²) in [4.78, 5) is 22.8. The number of nitrogens with one attached hydrogen (secondary N) is 3. The minimum absolute atomic E-state index is 0.0359. The van der Waals surface area contributed by atoms with E-state index < -0.39 is 4.92 Å². The van der Waals surface area contributed by atoms with Gasteiger partial charge in [-0.1, -0.05) is 25.0 Å². The molecule has 1 saturated carbocycles. The third kappa shape index (κ3) is 3.84. The first-order chi connectivity index (χ1) is 11.6. The molecule has 1 aliphatic heterocycles. The van der Waals surface area contributed by atoms with Gasteiger partial charge in [0.25, 0.3) is 5.69 Å². The van der Waals surface area contributed by atoms with Crippen LogP contribution in [0.3, 0.4) is 0 Å². The fourth-order valence-electron chi connectivity index (χ4n) is 3.81. The van der Waals surface area contributed by atoms with Gasteiger partial charge < -0.3 is 16.0 Å². The Kier molecular flexibility index (Phi) is 5.30. The highest BCUT2D eigenvalue weighted by Crippen LogP contribution is 2.33. The zero-order valence-corrected chi connectivity index (χ0v) is 13.7. The summed E-state index contributed by atoms with van der Waals surface area (Å²) in [6.07, 6.45) is 5.85. The second-order valence-electron chi connectivity index (χ2n) is 6.60. The van der Waals surface area contributed by atoms with Gasteiger partial charge in [0, 0.05) is 25.2 Å². The van der Waals surface area contributed by atoms with Crippen molar-refractivity contribution >= 4 is 17.3 Å². The number of benzene rings is 1. The lowest BCUT2D eigenvalue weighted by molar-refractivity contribution is -0.384. The number of para-hydroxylation sites is 2. The molecule has 3 unspecified atom stereocenters. The predicted molar refractivity (Wildman–Crippen MR) is 91.9 cm³/mol. The van der Waals surface area contributed by atoms with Crippen LogP contribution < -0.4 is 16.0 Å². The zero-order valence-electron chi connectivity index (χ0n) is 13.7. The number of amides is 1. The van der Waals surface area contributed by atoms with Gasteiger partial charge in [-0.3, -0.25) is 14.9 Å². The molecule has 24 heavy (non-hydrogen) atoms. The molecule has 1 saturated heterocycles. The first kappa shape index (κ1) is 16.7. The van der Waals surface area contributed by atoms with Crippen LogP contribution in [0.25, 0.3) is 0 Å². The van der Waals surface area contributed by atoms with E-state index in [-0.39, 0.29) is 17.6 Å². The molecule has 3 atom stereocenters. The summed E-state index contributed by atoms with van der Waals surface area (Å²) >= 11 is 0. The van der Waals surface area contributed by atoms with Crippen molar-refractivity contribution in [1.82, 2.24) is 10.6 Å². The summed E-state index contributed by atoms with van der Waals surface area (Å²) in [6.45, 7) is 0.897. The van der Waals surface area contributed by atoms with Crippen LogP contribution in [-0.4, -0.2) is 36.0 Å². The first-order valence-electron chi connectivity index (χ1n) is 8.66. The molecule has 130 valence electrons. The zero-order chi connectivity index (χ0) is 16.9. The molecule has 7 heteroatoms. The maximum absolute atomic E-state index is 12.3. The number of nitro benzene ring substituents is 1. The van der Waals surface area contributed by atoms with Crippen LogP contribution in [0.5, 0.6) is 0 Å². The number of fused-ring (bicyclic) bond motifs is 1. The number of hydrogen-bond acceptors (Lipinski definition) is 5. The van der Waals surface area contributed by atoms with E-state index in [1.807, 2.05) is 0 Å². The molecule has 2 fully saturated rings. The minimum Gasteiger partial charge on any atom is -0.378 e. The molecule has 1 amide bonds. The molecule has 0 radical (unpaired) electrons. The van der Waals surface area contributed by atoms with Crippen molar-refractivity contribution in [2.45, 2.75) is 44.2 Å². The SMILES string of the molecule is O=C(NCCNc1ccccc1[N+](=O)[O-])C1CC2CCCCC2N1. The van der Waals surface area contributed by atoms with Crippen LogP contribution in [0.2, 0.25) is 0 Å². The lowest BCUT2D eigenvalue weighted by atomic mass is 9.85. The third-order valence-corrected chi connectivity index (χ3v) is 5.02. The van der Waals surface area contributed by atoms with Crippen LogP contribution >= 0.6 is 0 Å². The number of rotatable bonds is 6. The monoisotopic (exact) mass is 332 g/mol. The van der Waals surface area contributed by atoms with E-state index in [0.29, 0.717) is 30.7 Å². The molecular formula is C17H24N4O3. The Morgan fingerprint density at radius 2 is 2.04 bits per heavy atom. The highest BCUT2D eigenvalue weighted by molar-refractivity contribution is 5.82. The van der Waals surface area contributed by atoms with Gasteiger partial charge in [0.15, 0.2) is 0 Å². The Bertz CT molecular complexity index is 593. The summed E-state index contributed by atoms with van der Waals surface area (Å²) in [6, 6.07) is 6.92. The molecule has 0 spiro atoms. The van der Waals surface area contributed by atoms with Gasteiger partial charge in [0.2, 0.25) is 5.91 Å². The fourth-order valence-corrected chi connectivity index (χ4v) is 3.81. The Labute approximate surface area is 141 Å². The van der Waals surface area contributed by atoms with Crippen molar-refractivity contribution in [2.24, 2.45) is 5.92 Å². The van der Waals surface area contributed by atoms with E-state index in [1.165, 1.54) is 31.7 Å². The fraction of sp³-hybridized carbons (Fsp3) is 0.588. The molecule has 1 aromatic rings.